The minimum atomic E-state index is 0.639. The second-order valence-electron chi connectivity index (χ2n) is 4.59. The van der Waals surface area contributed by atoms with Crippen LogP contribution in [-0.2, 0) is 6.54 Å². The number of nitrogens with one attached hydrogen (secondary N) is 1. The highest BCUT2D eigenvalue weighted by molar-refractivity contribution is 5.38. The van der Waals surface area contributed by atoms with Crippen LogP contribution in [0.4, 0.5) is 0 Å². The Morgan fingerprint density at radius 3 is 3.11 bits per heavy atom. The fraction of sp³-hybridized carbons (Fsp3) is 0.462. The zero-order valence-corrected chi connectivity index (χ0v) is 10.9. The van der Waals surface area contributed by atoms with Gasteiger partial charge < -0.3 is 10.1 Å². The van der Waals surface area contributed by atoms with Crippen LogP contribution in [0, 0.1) is 0 Å². The van der Waals surface area contributed by atoms with E-state index in [0.29, 0.717) is 19.2 Å². The van der Waals surface area contributed by atoms with Crippen LogP contribution in [0.5, 0.6) is 5.75 Å². The van der Waals surface area contributed by atoms with Crippen LogP contribution in [0.2, 0.25) is 0 Å². The van der Waals surface area contributed by atoms with Gasteiger partial charge in [0.25, 0.3) is 0 Å². The van der Waals surface area contributed by atoms with Crippen molar-refractivity contribution in [2.75, 3.05) is 6.61 Å². The molecule has 0 spiro atoms. The molecule has 1 aliphatic rings. The largest absolute Gasteiger partial charge is 0.494 e. The van der Waals surface area contributed by atoms with Crippen molar-refractivity contribution in [2.24, 2.45) is 0 Å². The average molecular weight is 259 g/mol. The maximum absolute atomic E-state index is 5.50. The van der Waals surface area contributed by atoms with Crippen molar-refractivity contribution in [3.8, 4) is 11.4 Å². The fourth-order valence-electron chi connectivity index (χ4n) is 1.91. The molecule has 1 heterocycles. The highest BCUT2D eigenvalue weighted by Gasteiger charge is 2.21. The van der Waals surface area contributed by atoms with E-state index in [4.69, 9.17) is 4.74 Å². The molecular weight excluding hydrogens is 242 g/mol. The van der Waals surface area contributed by atoms with Crippen LogP contribution < -0.4 is 10.1 Å². The van der Waals surface area contributed by atoms with Gasteiger partial charge in [-0.2, -0.15) is 4.68 Å². The number of ether oxygens (including phenoxy) is 1. The molecule has 6 nitrogen and oxygen atoms in total. The van der Waals surface area contributed by atoms with E-state index in [-0.39, 0.29) is 0 Å². The molecule has 0 atom stereocenters. The van der Waals surface area contributed by atoms with Gasteiger partial charge in [-0.25, -0.2) is 0 Å². The minimum absolute atomic E-state index is 0.639. The molecule has 1 aliphatic carbocycles. The van der Waals surface area contributed by atoms with E-state index in [9.17, 15) is 0 Å². The number of hydrogen-bond donors (Lipinski definition) is 1. The monoisotopic (exact) mass is 259 g/mol. The third-order valence-corrected chi connectivity index (χ3v) is 3.03. The highest BCUT2D eigenvalue weighted by atomic mass is 16.5. The summed E-state index contributed by atoms with van der Waals surface area (Å²) in [5.74, 6) is 1.65. The standard InChI is InChI=1S/C13H17N5O/c1-2-19-12-5-3-4-11(8-12)18-13(15-16-17-18)9-14-10-6-7-10/h3-5,8,10,14H,2,6-7,9H2,1H3. The van der Waals surface area contributed by atoms with Gasteiger partial charge in [-0.05, 0) is 42.3 Å². The van der Waals surface area contributed by atoms with Gasteiger partial charge in [0, 0.05) is 12.1 Å². The van der Waals surface area contributed by atoms with Crippen molar-refractivity contribution in [1.29, 1.82) is 0 Å². The Kier molecular flexibility index (Phi) is 3.41. The number of nitrogens with zero attached hydrogens (tertiary/aromatic N) is 4. The molecule has 0 bridgehead atoms. The molecule has 0 aliphatic heterocycles. The van der Waals surface area contributed by atoms with E-state index in [1.165, 1.54) is 12.8 Å². The van der Waals surface area contributed by atoms with Crippen molar-refractivity contribution in [3.63, 3.8) is 0 Å². The minimum Gasteiger partial charge on any atom is -0.494 e. The molecule has 1 aromatic carbocycles. The summed E-state index contributed by atoms with van der Waals surface area (Å²) in [6.45, 7) is 3.31. The lowest BCUT2D eigenvalue weighted by Crippen LogP contribution is -2.18. The predicted octanol–water partition coefficient (Wildman–Crippen LogP) is 1.31. The third kappa shape index (κ3) is 2.90. The van der Waals surface area contributed by atoms with E-state index >= 15 is 0 Å². The number of rotatable bonds is 6. The molecule has 1 fully saturated rings. The van der Waals surface area contributed by atoms with Crippen LogP contribution >= 0.6 is 0 Å². The summed E-state index contributed by atoms with van der Waals surface area (Å²) in [7, 11) is 0. The van der Waals surface area contributed by atoms with Crippen LogP contribution in [0.15, 0.2) is 24.3 Å². The van der Waals surface area contributed by atoms with E-state index in [1.54, 1.807) is 4.68 Å². The molecule has 19 heavy (non-hydrogen) atoms. The van der Waals surface area contributed by atoms with Gasteiger partial charge in [0.2, 0.25) is 0 Å². The van der Waals surface area contributed by atoms with Gasteiger partial charge in [-0.15, -0.1) is 5.10 Å². The van der Waals surface area contributed by atoms with Crippen LogP contribution in [0.3, 0.4) is 0 Å². The molecule has 1 N–H and O–H groups in total. The van der Waals surface area contributed by atoms with Crippen molar-refractivity contribution in [2.45, 2.75) is 32.4 Å². The zero-order chi connectivity index (χ0) is 13.1. The molecule has 0 amide bonds. The number of hydrogen-bond acceptors (Lipinski definition) is 5. The number of tetrazole rings is 1. The molecule has 100 valence electrons. The first-order chi connectivity index (χ1) is 9.36. The van der Waals surface area contributed by atoms with Crippen molar-refractivity contribution < 1.29 is 4.74 Å². The molecule has 6 heteroatoms. The Morgan fingerprint density at radius 1 is 1.42 bits per heavy atom. The fourth-order valence-corrected chi connectivity index (χ4v) is 1.91. The second-order valence-corrected chi connectivity index (χ2v) is 4.59. The van der Waals surface area contributed by atoms with Crippen LogP contribution in [0.25, 0.3) is 5.69 Å². The summed E-state index contributed by atoms with van der Waals surface area (Å²) in [6, 6.07) is 8.43. The Morgan fingerprint density at radius 2 is 2.32 bits per heavy atom. The Hall–Kier alpha value is -1.95. The summed E-state index contributed by atoms with van der Waals surface area (Å²) in [4.78, 5) is 0. The summed E-state index contributed by atoms with van der Waals surface area (Å²) in [6.07, 6.45) is 2.50. The van der Waals surface area contributed by atoms with Crippen molar-refractivity contribution >= 4 is 0 Å². The lowest BCUT2D eigenvalue weighted by molar-refractivity contribution is 0.340. The highest BCUT2D eigenvalue weighted by Crippen LogP contribution is 2.20. The molecule has 2 aromatic rings. The lowest BCUT2D eigenvalue weighted by atomic mass is 10.3. The first kappa shape index (κ1) is 12.1. The molecular formula is C13H17N5O. The smallest absolute Gasteiger partial charge is 0.170 e. The van der Waals surface area contributed by atoms with Crippen LogP contribution in [-0.4, -0.2) is 32.9 Å². The summed E-state index contributed by atoms with van der Waals surface area (Å²) in [5.41, 5.74) is 0.920. The Labute approximate surface area is 111 Å². The maximum atomic E-state index is 5.50. The molecule has 1 saturated carbocycles. The maximum Gasteiger partial charge on any atom is 0.170 e. The Balaban J connectivity index is 1.80. The zero-order valence-electron chi connectivity index (χ0n) is 10.9. The molecule has 3 rings (SSSR count). The van der Waals surface area contributed by atoms with Crippen molar-refractivity contribution in [3.05, 3.63) is 30.1 Å². The summed E-state index contributed by atoms with van der Waals surface area (Å²) < 4.78 is 7.24. The average Bonchev–Trinajstić information content (AvgIpc) is 3.14. The van der Waals surface area contributed by atoms with Gasteiger partial charge in [-0.1, -0.05) is 6.07 Å². The van der Waals surface area contributed by atoms with E-state index in [1.807, 2.05) is 31.2 Å². The molecule has 0 unspecified atom stereocenters. The molecule has 0 radical (unpaired) electrons. The van der Waals surface area contributed by atoms with E-state index in [2.05, 4.69) is 20.8 Å². The number of benzene rings is 1. The first-order valence-corrected chi connectivity index (χ1v) is 6.60. The number of aromatic nitrogens is 4. The summed E-state index contributed by atoms with van der Waals surface area (Å²) in [5, 5.41) is 15.3. The van der Waals surface area contributed by atoms with Gasteiger partial charge in [0.15, 0.2) is 5.82 Å². The van der Waals surface area contributed by atoms with Gasteiger partial charge in [0.05, 0.1) is 18.8 Å². The Bertz CT molecular complexity index is 549. The van der Waals surface area contributed by atoms with E-state index in [0.717, 1.165) is 17.3 Å². The van der Waals surface area contributed by atoms with Gasteiger partial charge >= 0.3 is 0 Å². The summed E-state index contributed by atoms with van der Waals surface area (Å²) >= 11 is 0. The van der Waals surface area contributed by atoms with Crippen LogP contribution in [0.1, 0.15) is 25.6 Å². The normalized spacial score (nSPS) is 14.6. The van der Waals surface area contributed by atoms with Crippen molar-refractivity contribution in [1.82, 2.24) is 25.5 Å². The van der Waals surface area contributed by atoms with E-state index < -0.39 is 0 Å². The third-order valence-electron chi connectivity index (χ3n) is 3.03. The lowest BCUT2D eigenvalue weighted by Gasteiger charge is -2.07. The predicted molar refractivity (Wildman–Crippen MR) is 70.2 cm³/mol. The quantitative estimate of drug-likeness (QED) is 0.847. The van der Waals surface area contributed by atoms with Gasteiger partial charge in [-0.3, -0.25) is 0 Å². The second kappa shape index (κ2) is 5.36. The van der Waals surface area contributed by atoms with Gasteiger partial charge in [0.1, 0.15) is 5.75 Å². The SMILES string of the molecule is CCOc1cccc(-n2nnnc2CNC2CC2)c1. The molecule has 1 aromatic heterocycles. The molecule has 0 saturated heterocycles. The topological polar surface area (TPSA) is 64.9 Å². The first-order valence-electron chi connectivity index (χ1n) is 6.60.